The summed E-state index contributed by atoms with van der Waals surface area (Å²) in [6, 6.07) is 4.28. The van der Waals surface area contributed by atoms with Crippen LogP contribution in [0, 0.1) is 5.92 Å². The summed E-state index contributed by atoms with van der Waals surface area (Å²) >= 11 is 1.80. The molecule has 1 aromatic heterocycles. The lowest BCUT2D eigenvalue weighted by Gasteiger charge is -2.36. The van der Waals surface area contributed by atoms with E-state index in [-0.39, 0.29) is 24.0 Å². The maximum absolute atomic E-state index is 12.6. The first kappa shape index (κ1) is 25.4. The lowest BCUT2D eigenvalue weighted by atomic mass is 10.1. The molecule has 1 saturated carbocycles. The molecule has 0 radical (unpaired) electrons. The Balaban J connectivity index is 0.00000320. The van der Waals surface area contributed by atoms with Crippen molar-refractivity contribution in [2.75, 3.05) is 52.4 Å². The number of hydrogen-bond donors (Lipinski definition) is 2. The minimum atomic E-state index is 0. The van der Waals surface area contributed by atoms with Gasteiger partial charge in [-0.15, -0.1) is 35.3 Å². The highest BCUT2D eigenvalue weighted by molar-refractivity contribution is 14.0. The van der Waals surface area contributed by atoms with E-state index < -0.39 is 0 Å². The van der Waals surface area contributed by atoms with Crippen LogP contribution in [0.3, 0.4) is 0 Å². The number of rotatable bonds is 8. The van der Waals surface area contributed by atoms with Crippen LogP contribution in [0.1, 0.15) is 50.3 Å². The van der Waals surface area contributed by atoms with Crippen molar-refractivity contribution in [1.29, 1.82) is 0 Å². The number of amides is 1. The SMILES string of the molecule is CCNC(=NCC(C)c1cccs1)NCCN1CCN(C(=O)C2CCCC2)CC1.I. The summed E-state index contributed by atoms with van der Waals surface area (Å²) in [5.74, 6) is 2.04. The molecule has 1 aliphatic carbocycles. The zero-order chi connectivity index (χ0) is 20.5. The molecular formula is C22H38IN5OS. The fourth-order valence-electron chi connectivity index (χ4n) is 4.19. The number of piperazine rings is 1. The van der Waals surface area contributed by atoms with Gasteiger partial charge in [-0.3, -0.25) is 14.7 Å². The highest BCUT2D eigenvalue weighted by atomic mass is 127. The van der Waals surface area contributed by atoms with Crippen LogP contribution in [-0.2, 0) is 4.79 Å². The van der Waals surface area contributed by atoms with Crippen LogP contribution in [0.4, 0.5) is 0 Å². The van der Waals surface area contributed by atoms with E-state index in [2.05, 4.69) is 51.8 Å². The van der Waals surface area contributed by atoms with Gasteiger partial charge in [0, 0.05) is 62.5 Å². The number of thiophene rings is 1. The normalized spacial score (nSPS) is 19.4. The second-order valence-corrected chi connectivity index (χ2v) is 9.19. The average molecular weight is 548 g/mol. The van der Waals surface area contributed by atoms with Crippen molar-refractivity contribution in [3.63, 3.8) is 0 Å². The topological polar surface area (TPSA) is 60.0 Å². The number of nitrogens with one attached hydrogen (secondary N) is 2. The molecule has 1 aromatic rings. The molecule has 1 unspecified atom stereocenters. The number of guanidine groups is 1. The Hall–Kier alpha value is -0.870. The number of carbonyl (C=O) groups excluding carboxylic acids is 1. The van der Waals surface area contributed by atoms with Crippen LogP contribution in [0.2, 0.25) is 0 Å². The van der Waals surface area contributed by atoms with Crippen molar-refractivity contribution in [2.24, 2.45) is 10.9 Å². The first-order chi connectivity index (χ1) is 14.2. The number of nitrogens with zero attached hydrogens (tertiary/aromatic N) is 3. The van der Waals surface area contributed by atoms with Gasteiger partial charge in [0.1, 0.15) is 0 Å². The minimum Gasteiger partial charge on any atom is -0.357 e. The molecule has 2 aliphatic rings. The lowest BCUT2D eigenvalue weighted by Crippen LogP contribution is -2.51. The van der Waals surface area contributed by atoms with Crippen LogP contribution in [-0.4, -0.2) is 74.0 Å². The third kappa shape index (κ3) is 7.67. The highest BCUT2D eigenvalue weighted by Gasteiger charge is 2.29. The number of carbonyl (C=O) groups is 1. The maximum Gasteiger partial charge on any atom is 0.225 e. The Bertz CT molecular complexity index is 640. The number of hydrogen-bond acceptors (Lipinski definition) is 4. The molecular weight excluding hydrogens is 509 g/mol. The molecule has 1 saturated heterocycles. The van der Waals surface area contributed by atoms with Crippen LogP contribution in [0.5, 0.6) is 0 Å². The first-order valence-electron chi connectivity index (χ1n) is 11.2. The van der Waals surface area contributed by atoms with E-state index in [0.717, 1.165) is 71.2 Å². The van der Waals surface area contributed by atoms with E-state index in [4.69, 9.17) is 4.99 Å². The van der Waals surface area contributed by atoms with Crippen molar-refractivity contribution in [3.8, 4) is 0 Å². The lowest BCUT2D eigenvalue weighted by molar-refractivity contribution is -0.137. The van der Waals surface area contributed by atoms with E-state index in [1.807, 2.05) is 0 Å². The standard InChI is InChI=1S/C22H37N5OS.HI/c1-3-23-22(25-17-18(2)20-9-6-16-29-20)24-10-11-26-12-14-27(15-13-26)21(28)19-7-4-5-8-19;/h6,9,16,18-19H,3-5,7-8,10-15,17H2,1-2H3,(H2,23,24,25);1H. The summed E-state index contributed by atoms with van der Waals surface area (Å²) in [7, 11) is 0. The molecule has 1 amide bonds. The van der Waals surface area contributed by atoms with Crippen LogP contribution in [0.15, 0.2) is 22.5 Å². The van der Waals surface area contributed by atoms with Crippen molar-refractivity contribution >= 4 is 47.2 Å². The van der Waals surface area contributed by atoms with Gasteiger partial charge in [0.2, 0.25) is 5.91 Å². The molecule has 2 N–H and O–H groups in total. The van der Waals surface area contributed by atoms with Gasteiger partial charge >= 0.3 is 0 Å². The fraction of sp³-hybridized carbons (Fsp3) is 0.727. The van der Waals surface area contributed by atoms with Gasteiger partial charge in [-0.25, -0.2) is 0 Å². The Labute approximate surface area is 202 Å². The third-order valence-corrected chi connectivity index (χ3v) is 7.11. The van der Waals surface area contributed by atoms with Gasteiger partial charge < -0.3 is 15.5 Å². The Kier molecular flexibility index (Phi) is 11.4. The molecule has 8 heteroatoms. The minimum absolute atomic E-state index is 0. The van der Waals surface area contributed by atoms with Gasteiger partial charge in [-0.1, -0.05) is 25.8 Å². The Morgan fingerprint density at radius 3 is 2.60 bits per heavy atom. The molecule has 2 fully saturated rings. The van der Waals surface area contributed by atoms with E-state index >= 15 is 0 Å². The van der Waals surface area contributed by atoms with Crippen LogP contribution < -0.4 is 10.6 Å². The first-order valence-corrected chi connectivity index (χ1v) is 12.1. The van der Waals surface area contributed by atoms with Gasteiger partial charge in [-0.2, -0.15) is 0 Å². The largest absolute Gasteiger partial charge is 0.357 e. The van der Waals surface area contributed by atoms with E-state index in [9.17, 15) is 4.79 Å². The van der Waals surface area contributed by atoms with Gasteiger partial charge in [0.05, 0.1) is 6.54 Å². The zero-order valence-corrected chi connectivity index (χ0v) is 21.6. The van der Waals surface area contributed by atoms with Crippen LogP contribution >= 0.6 is 35.3 Å². The zero-order valence-electron chi connectivity index (χ0n) is 18.4. The number of aliphatic imine (C=N–C) groups is 1. The van der Waals surface area contributed by atoms with Crippen molar-refractivity contribution in [3.05, 3.63) is 22.4 Å². The van der Waals surface area contributed by atoms with Gasteiger partial charge in [0.25, 0.3) is 0 Å². The van der Waals surface area contributed by atoms with E-state index in [0.29, 0.717) is 17.7 Å². The number of halogens is 1. The summed E-state index contributed by atoms with van der Waals surface area (Å²) in [5, 5.41) is 8.94. The second-order valence-electron chi connectivity index (χ2n) is 8.21. The summed E-state index contributed by atoms with van der Waals surface area (Å²) in [4.78, 5) is 23.3. The Morgan fingerprint density at radius 1 is 1.23 bits per heavy atom. The van der Waals surface area contributed by atoms with Gasteiger partial charge in [0.15, 0.2) is 5.96 Å². The molecule has 1 aliphatic heterocycles. The van der Waals surface area contributed by atoms with E-state index in [1.165, 1.54) is 17.7 Å². The highest BCUT2D eigenvalue weighted by Crippen LogP contribution is 2.26. The summed E-state index contributed by atoms with van der Waals surface area (Å²) in [6.45, 7) is 11.5. The molecule has 1 atom stereocenters. The molecule has 2 heterocycles. The predicted octanol–water partition coefficient (Wildman–Crippen LogP) is 3.36. The predicted molar refractivity (Wildman–Crippen MR) is 137 cm³/mol. The fourth-order valence-corrected chi connectivity index (χ4v) is 4.97. The smallest absolute Gasteiger partial charge is 0.225 e. The molecule has 170 valence electrons. The molecule has 30 heavy (non-hydrogen) atoms. The molecule has 3 rings (SSSR count). The summed E-state index contributed by atoms with van der Waals surface area (Å²) in [6.07, 6.45) is 4.65. The molecule has 0 spiro atoms. The maximum atomic E-state index is 12.6. The molecule has 6 nitrogen and oxygen atoms in total. The monoisotopic (exact) mass is 547 g/mol. The van der Waals surface area contributed by atoms with Crippen LogP contribution in [0.25, 0.3) is 0 Å². The van der Waals surface area contributed by atoms with E-state index in [1.54, 1.807) is 11.3 Å². The van der Waals surface area contributed by atoms with Crippen molar-refractivity contribution in [2.45, 2.75) is 45.4 Å². The Morgan fingerprint density at radius 2 is 1.97 bits per heavy atom. The van der Waals surface area contributed by atoms with Gasteiger partial charge in [-0.05, 0) is 31.2 Å². The molecule has 0 aromatic carbocycles. The quantitative estimate of drug-likeness (QED) is 0.298. The summed E-state index contributed by atoms with van der Waals surface area (Å²) < 4.78 is 0. The van der Waals surface area contributed by atoms with Crippen molar-refractivity contribution in [1.82, 2.24) is 20.4 Å². The third-order valence-electron chi connectivity index (χ3n) is 6.01. The van der Waals surface area contributed by atoms with Crippen molar-refractivity contribution < 1.29 is 4.79 Å². The molecule has 0 bridgehead atoms. The summed E-state index contributed by atoms with van der Waals surface area (Å²) in [5.41, 5.74) is 0. The second kappa shape index (κ2) is 13.5. The average Bonchev–Trinajstić information content (AvgIpc) is 3.46.